The summed E-state index contributed by atoms with van der Waals surface area (Å²) in [4.78, 5) is 15.0. The molecule has 2 heterocycles. The second kappa shape index (κ2) is 5.62. The minimum atomic E-state index is -0.732. The van der Waals surface area contributed by atoms with Crippen molar-refractivity contribution in [1.29, 1.82) is 0 Å². The van der Waals surface area contributed by atoms with Gasteiger partial charge in [-0.15, -0.1) is 0 Å². The van der Waals surface area contributed by atoms with E-state index in [0.717, 1.165) is 26.2 Å². The van der Waals surface area contributed by atoms with Gasteiger partial charge in [-0.1, -0.05) is 0 Å². The zero-order valence-corrected chi connectivity index (χ0v) is 10.8. The molecule has 1 N–H and O–H groups in total. The van der Waals surface area contributed by atoms with Crippen LogP contribution in [-0.2, 0) is 4.79 Å². The standard InChI is InChI=1S/C12H18N2O2S/c1-10(11-2-7-17-9-11)14-5-3-13(4-6-14)8-12(15)16/h2,7,9-10H,3-6,8H2,1H3,(H,15,16). The number of hydrogen-bond acceptors (Lipinski definition) is 4. The van der Waals surface area contributed by atoms with Gasteiger partial charge in [0.05, 0.1) is 6.54 Å². The lowest BCUT2D eigenvalue weighted by Crippen LogP contribution is -2.48. The topological polar surface area (TPSA) is 43.8 Å². The highest BCUT2D eigenvalue weighted by Crippen LogP contribution is 2.23. The van der Waals surface area contributed by atoms with Crippen molar-refractivity contribution in [3.8, 4) is 0 Å². The van der Waals surface area contributed by atoms with Crippen LogP contribution in [0.25, 0.3) is 0 Å². The van der Waals surface area contributed by atoms with E-state index >= 15 is 0 Å². The molecular formula is C12H18N2O2S. The molecule has 5 heteroatoms. The highest BCUT2D eigenvalue weighted by molar-refractivity contribution is 7.07. The van der Waals surface area contributed by atoms with Crippen LogP contribution in [0.4, 0.5) is 0 Å². The van der Waals surface area contributed by atoms with E-state index in [9.17, 15) is 4.79 Å². The number of carboxylic acid groups (broad SMARTS) is 1. The predicted octanol–water partition coefficient (Wildman–Crippen LogP) is 1.51. The van der Waals surface area contributed by atoms with E-state index in [2.05, 4.69) is 28.7 Å². The Morgan fingerprint density at radius 2 is 2.18 bits per heavy atom. The molecule has 0 saturated carbocycles. The summed E-state index contributed by atoms with van der Waals surface area (Å²) in [5.41, 5.74) is 1.36. The largest absolute Gasteiger partial charge is 0.480 e. The fourth-order valence-electron chi connectivity index (χ4n) is 2.22. The predicted molar refractivity (Wildman–Crippen MR) is 68.4 cm³/mol. The lowest BCUT2D eigenvalue weighted by atomic mass is 10.1. The number of rotatable bonds is 4. The maximum absolute atomic E-state index is 10.6. The summed E-state index contributed by atoms with van der Waals surface area (Å²) in [6.45, 7) is 5.98. The molecule has 0 bridgehead atoms. The number of nitrogens with zero attached hydrogens (tertiary/aromatic N) is 2. The van der Waals surface area contributed by atoms with E-state index in [4.69, 9.17) is 5.11 Å². The number of thiophene rings is 1. The molecule has 1 unspecified atom stereocenters. The van der Waals surface area contributed by atoms with Crippen molar-refractivity contribution >= 4 is 17.3 Å². The van der Waals surface area contributed by atoms with Crippen molar-refractivity contribution < 1.29 is 9.90 Å². The Kier molecular flexibility index (Phi) is 4.15. The number of carboxylic acids is 1. The van der Waals surface area contributed by atoms with Crippen LogP contribution >= 0.6 is 11.3 Å². The molecule has 1 aromatic heterocycles. The van der Waals surface area contributed by atoms with Crippen molar-refractivity contribution in [2.75, 3.05) is 32.7 Å². The summed E-state index contributed by atoms with van der Waals surface area (Å²) in [5.74, 6) is -0.732. The van der Waals surface area contributed by atoms with Gasteiger partial charge in [-0.05, 0) is 29.3 Å². The van der Waals surface area contributed by atoms with Gasteiger partial charge in [-0.2, -0.15) is 11.3 Å². The number of carbonyl (C=O) groups is 1. The molecule has 2 rings (SSSR count). The third kappa shape index (κ3) is 3.28. The van der Waals surface area contributed by atoms with Gasteiger partial charge in [0.15, 0.2) is 0 Å². The Morgan fingerprint density at radius 1 is 1.47 bits per heavy atom. The molecule has 1 aliphatic heterocycles. The highest BCUT2D eigenvalue weighted by atomic mass is 32.1. The molecule has 4 nitrogen and oxygen atoms in total. The van der Waals surface area contributed by atoms with E-state index in [1.807, 2.05) is 4.90 Å². The van der Waals surface area contributed by atoms with Gasteiger partial charge in [0.25, 0.3) is 0 Å². The molecule has 94 valence electrons. The minimum Gasteiger partial charge on any atom is -0.480 e. The molecular weight excluding hydrogens is 236 g/mol. The van der Waals surface area contributed by atoms with Gasteiger partial charge < -0.3 is 5.11 Å². The molecule has 17 heavy (non-hydrogen) atoms. The Labute approximate surface area is 105 Å². The molecule has 0 aromatic carbocycles. The van der Waals surface area contributed by atoms with Crippen molar-refractivity contribution in [3.63, 3.8) is 0 Å². The van der Waals surface area contributed by atoms with Gasteiger partial charge in [0.1, 0.15) is 0 Å². The first-order valence-electron chi connectivity index (χ1n) is 5.87. The molecule has 0 spiro atoms. The average Bonchev–Trinajstić information content (AvgIpc) is 2.82. The summed E-state index contributed by atoms with van der Waals surface area (Å²) < 4.78 is 0. The van der Waals surface area contributed by atoms with Crippen LogP contribution in [-0.4, -0.2) is 53.6 Å². The Bertz CT molecular complexity index is 359. The van der Waals surface area contributed by atoms with Crippen molar-refractivity contribution in [3.05, 3.63) is 22.4 Å². The van der Waals surface area contributed by atoms with Crippen molar-refractivity contribution in [2.24, 2.45) is 0 Å². The first-order valence-corrected chi connectivity index (χ1v) is 6.81. The van der Waals surface area contributed by atoms with Crippen molar-refractivity contribution in [2.45, 2.75) is 13.0 Å². The van der Waals surface area contributed by atoms with Gasteiger partial charge in [-0.25, -0.2) is 0 Å². The number of piperazine rings is 1. The lowest BCUT2D eigenvalue weighted by Gasteiger charge is -2.37. The van der Waals surface area contributed by atoms with Crippen LogP contribution in [0.3, 0.4) is 0 Å². The maximum Gasteiger partial charge on any atom is 0.317 e. The zero-order chi connectivity index (χ0) is 12.3. The number of hydrogen-bond donors (Lipinski definition) is 1. The first-order chi connectivity index (χ1) is 8.16. The summed E-state index contributed by atoms with van der Waals surface area (Å²) >= 11 is 1.73. The molecule has 1 saturated heterocycles. The van der Waals surface area contributed by atoms with Gasteiger partial charge in [0.2, 0.25) is 0 Å². The quantitative estimate of drug-likeness (QED) is 0.884. The van der Waals surface area contributed by atoms with Crippen LogP contribution in [0.2, 0.25) is 0 Å². The van der Waals surface area contributed by atoms with E-state index < -0.39 is 5.97 Å². The second-order valence-corrected chi connectivity index (χ2v) is 5.22. The molecule has 0 radical (unpaired) electrons. The fraction of sp³-hybridized carbons (Fsp3) is 0.583. The Morgan fingerprint density at radius 3 is 2.71 bits per heavy atom. The lowest BCUT2D eigenvalue weighted by molar-refractivity contribution is -0.138. The van der Waals surface area contributed by atoms with Crippen LogP contribution in [0.1, 0.15) is 18.5 Å². The molecule has 1 aromatic rings. The third-order valence-corrected chi connectivity index (χ3v) is 4.04. The Balaban J connectivity index is 1.84. The van der Waals surface area contributed by atoms with Crippen LogP contribution in [0.5, 0.6) is 0 Å². The van der Waals surface area contributed by atoms with E-state index in [1.165, 1.54) is 5.56 Å². The van der Waals surface area contributed by atoms with Gasteiger partial charge in [0, 0.05) is 32.2 Å². The normalized spacial score (nSPS) is 20.3. The summed E-state index contributed by atoms with van der Waals surface area (Å²) in [7, 11) is 0. The smallest absolute Gasteiger partial charge is 0.317 e. The molecule has 1 atom stereocenters. The van der Waals surface area contributed by atoms with Gasteiger partial charge in [-0.3, -0.25) is 14.6 Å². The van der Waals surface area contributed by atoms with Crippen LogP contribution < -0.4 is 0 Å². The SMILES string of the molecule is CC(c1ccsc1)N1CCN(CC(=O)O)CC1. The van der Waals surface area contributed by atoms with Gasteiger partial charge >= 0.3 is 5.97 Å². The fourth-order valence-corrected chi connectivity index (χ4v) is 2.97. The van der Waals surface area contributed by atoms with E-state index in [1.54, 1.807) is 11.3 Å². The van der Waals surface area contributed by atoms with Crippen LogP contribution in [0.15, 0.2) is 16.8 Å². The summed E-state index contributed by atoms with van der Waals surface area (Å²) in [6.07, 6.45) is 0. The first kappa shape index (κ1) is 12.5. The average molecular weight is 254 g/mol. The Hall–Kier alpha value is -0.910. The third-order valence-electron chi connectivity index (χ3n) is 3.34. The molecule has 1 aliphatic rings. The second-order valence-electron chi connectivity index (χ2n) is 4.44. The molecule has 0 amide bonds. The highest BCUT2D eigenvalue weighted by Gasteiger charge is 2.22. The van der Waals surface area contributed by atoms with Crippen LogP contribution in [0, 0.1) is 0 Å². The monoisotopic (exact) mass is 254 g/mol. The summed E-state index contributed by atoms with van der Waals surface area (Å²) in [5, 5.41) is 13.0. The van der Waals surface area contributed by atoms with E-state index in [-0.39, 0.29) is 6.54 Å². The zero-order valence-electron chi connectivity index (χ0n) is 10.0. The maximum atomic E-state index is 10.6. The number of aliphatic carboxylic acids is 1. The molecule has 1 fully saturated rings. The minimum absolute atomic E-state index is 0.167. The van der Waals surface area contributed by atoms with E-state index in [0.29, 0.717) is 6.04 Å². The van der Waals surface area contributed by atoms with Crippen molar-refractivity contribution in [1.82, 2.24) is 9.80 Å². The summed E-state index contributed by atoms with van der Waals surface area (Å²) in [6, 6.07) is 2.60. The molecule has 0 aliphatic carbocycles.